The van der Waals surface area contributed by atoms with Crippen molar-refractivity contribution in [1.82, 2.24) is 10.2 Å². The summed E-state index contributed by atoms with van der Waals surface area (Å²) in [7, 11) is 0. The first-order valence-electron chi connectivity index (χ1n) is 10.7. The molecule has 2 aromatic rings. The van der Waals surface area contributed by atoms with Crippen molar-refractivity contribution >= 4 is 70.0 Å². The molecule has 9 heteroatoms. The van der Waals surface area contributed by atoms with Crippen molar-refractivity contribution in [2.75, 3.05) is 5.75 Å². The van der Waals surface area contributed by atoms with E-state index in [0.717, 1.165) is 17.5 Å². The molecule has 2 amide bonds. The van der Waals surface area contributed by atoms with Crippen molar-refractivity contribution in [2.45, 2.75) is 58.0 Å². The maximum Gasteiger partial charge on any atom is 0.243 e. The third-order valence-corrected chi connectivity index (χ3v) is 7.52. The number of nitrogens with one attached hydrogen (secondary N) is 1. The lowest BCUT2D eigenvalue weighted by Gasteiger charge is -2.31. The Morgan fingerprint density at radius 3 is 2.24 bits per heavy atom. The molecule has 180 valence electrons. The van der Waals surface area contributed by atoms with Gasteiger partial charge in [0.15, 0.2) is 0 Å². The molecule has 2 rings (SSSR count). The van der Waals surface area contributed by atoms with Crippen molar-refractivity contribution in [1.29, 1.82) is 0 Å². The van der Waals surface area contributed by atoms with Gasteiger partial charge in [-0.3, -0.25) is 9.59 Å². The summed E-state index contributed by atoms with van der Waals surface area (Å²) in [6.45, 7) is 6.03. The summed E-state index contributed by atoms with van der Waals surface area (Å²) in [6, 6.07) is 9.85. The van der Waals surface area contributed by atoms with Crippen molar-refractivity contribution in [3.63, 3.8) is 0 Å². The van der Waals surface area contributed by atoms with Gasteiger partial charge in [-0.2, -0.15) is 0 Å². The van der Waals surface area contributed by atoms with Gasteiger partial charge in [-0.15, -0.1) is 11.8 Å². The summed E-state index contributed by atoms with van der Waals surface area (Å²) in [6.07, 6.45) is 1.27. The molecule has 1 N–H and O–H groups in total. The highest BCUT2D eigenvalue weighted by atomic mass is 35.5. The Morgan fingerprint density at radius 1 is 1.00 bits per heavy atom. The van der Waals surface area contributed by atoms with Gasteiger partial charge in [-0.25, -0.2) is 0 Å². The Bertz CT molecular complexity index is 953. The van der Waals surface area contributed by atoms with Gasteiger partial charge in [0, 0.05) is 38.4 Å². The molecule has 0 radical (unpaired) electrons. The first-order valence-corrected chi connectivity index (χ1v) is 13.4. The van der Waals surface area contributed by atoms with Gasteiger partial charge in [-0.1, -0.05) is 72.4 Å². The highest BCUT2D eigenvalue weighted by Crippen LogP contribution is 2.29. The van der Waals surface area contributed by atoms with Crippen molar-refractivity contribution in [3.05, 3.63) is 67.6 Å². The van der Waals surface area contributed by atoms with E-state index < -0.39 is 6.04 Å². The largest absolute Gasteiger partial charge is 0.352 e. The van der Waals surface area contributed by atoms with Crippen LogP contribution in [0.4, 0.5) is 0 Å². The highest BCUT2D eigenvalue weighted by molar-refractivity contribution is 7.99. The lowest BCUT2D eigenvalue weighted by atomic mass is 10.1. The summed E-state index contributed by atoms with van der Waals surface area (Å²) < 4.78 is 0. The first kappa shape index (κ1) is 28.1. The Kier molecular flexibility index (Phi) is 11.7. The molecule has 0 aromatic heterocycles. The molecule has 0 heterocycles. The van der Waals surface area contributed by atoms with E-state index in [2.05, 4.69) is 5.32 Å². The normalized spacial score (nSPS) is 12.8. The van der Waals surface area contributed by atoms with E-state index in [4.69, 9.17) is 46.4 Å². The highest BCUT2D eigenvalue weighted by Gasteiger charge is 2.29. The fraction of sp³-hybridized carbons (Fsp3) is 0.417. The Morgan fingerprint density at radius 2 is 1.67 bits per heavy atom. The lowest BCUT2D eigenvalue weighted by Crippen LogP contribution is -2.51. The second-order valence-electron chi connectivity index (χ2n) is 7.69. The average Bonchev–Trinajstić information content (AvgIpc) is 2.76. The molecule has 0 fully saturated rings. The number of carbonyl (C=O) groups excluding carboxylic acids is 2. The third-order valence-electron chi connectivity index (χ3n) is 5.28. The molecular weight excluding hydrogens is 522 g/mol. The summed E-state index contributed by atoms with van der Waals surface area (Å²) in [4.78, 5) is 27.9. The standard InChI is InChI=1S/C24H28Cl4N2O2S/c1-4-15(3)29-24(32)22(5-2)30(12-16-9-10-17(25)11-21(16)28)23(31)14-33-13-18-19(26)7-6-8-20(18)27/h6-11,15,22H,4-5,12-14H2,1-3H3,(H,29,32)/t15-,22-/m1/s1. The van der Waals surface area contributed by atoms with Gasteiger partial charge in [0.25, 0.3) is 0 Å². The van der Waals surface area contributed by atoms with Crippen LogP contribution in [0.1, 0.15) is 44.7 Å². The maximum atomic E-state index is 13.3. The molecular formula is C24H28Cl4N2O2S. The molecule has 33 heavy (non-hydrogen) atoms. The number of amides is 2. The quantitative estimate of drug-likeness (QED) is 0.321. The van der Waals surface area contributed by atoms with Crippen LogP contribution in [0, 0.1) is 0 Å². The predicted molar refractivity (Wildman–Crippen MR) is 142 cm³/mol. The molecule has 0 saturated carbocycles. The number of halogens is 4. The van der Waals surface area contributed by atoms with E-state index >= 15 is 0 Å². The topological polar surface area (TPSA) is 49.4 Å². The van der Waals surface area contributed by atoms with Crippen LogP contribution >= 0.6 is 58.2 Å². The minimum Gasteiger partial charge on any atom is -0.352 e. The molecule has 0 aliphatic heterocycles. The molecule has 0 bridgehead atoms. The van der Waals surface area contributed by atoms with Crippen molar-refractivity contribution in [3.8, 4) is 0 Å². The summed E-state index contributed by atoms with van der Waals surface area (Å²) in [5.74, 6) is 0.306. The average molecular weight is 550 g/mol. The maximum absolute atomic E-state index is 13.3. The number of thioether (sulfide) groups is 1. The molecule has 4 nitrogen and oxygen atoms in total. The van der Waals surface area contributed by atoms with Crippen LogP contribution in [0.2, 0.25) is 20.1 Å². The molecule has 0 spiro atoms. The van der Waals surface area contributed by atoms with Crippen LogP contribution in [0.5, 0.6) is 0 Å². The van der Waals surface area contributed by atoms with Gasteiger partial charge in [-0.05, 0) is 55.2 Å². The van der Waals surface area contributed by atoms with Gasteiger partial charge in [0.1, 0.15) is 6.04 Å². The summed E-state index contributed by atoms with van der Waals surface area (Å²) >= 11 is 26.3. The minimum atomic E-state index is -0.622. The second kappa shape index (κ2) is 13.7. The fourth-order valence-corrected chi connectivity index (χ4v) is 5.30. The summed E-state index contributed by atoms with van der Waals surface area (Å²) in [5, 5.41) is 5.08. The smallest absolute Gasteiger partial charge is 0.243 e. The van der Waals surface area contributed by atoms with E-state index in [1.54, 1.807) is 41.3 Å². The van der Waals surface area contributed by atoms with E-state index in [1.165, 1.54) is 11.8 Å². The van der Waals surface area contributed by atoms with E-state index in [9.17, 15) is 9.59 Å². The number of nitrogens with zero attached hydrogens (tertiary/aromatic N) is 1. The van der Waals surface area contributed by atoms with Crippen LogP contribution in [0.25, 0.3) is 0 Å². The zero-order valence-electron chi connectivity index (χ0n) is 18.8. The molecule has 0 saturated heterocycles. The van der Waals surface area contributed by atoms with E-state index in [1.807, 2.05) is 20.8 Å². The van der Waals surface area contributed by atoms with E-state index in [0.29, 0.717) is 32.3 Å². The molecule has 0 aliphatic rings. The van der Waals surface area contributed by atoms with Gasteiger partial charge in [0.2, 0.25) is 11.8 Å². The second-order valence-corrected chi connectivity index (χ2v) is 10.3. The number of rotatable bonds is 11. The van der Waals surface area contributed by atoms with Crippen LogP contribution < -0.4 is 5.32 Å². The molecule has 2 atom stereocenters. The van der Waals surface area contributed by atoms with Crippen LogP contribution in [-0.2, 0) is 21.9 Å². The van der Waals surface area contributed by atoms with E-state index in [-0.39, 0.29) is 30.2 Å². The van der Waals surface area contributed by atoms with Gasteiger partial charge < -0.3 is 10.2 Å². The zero-order valence-corrected chi connectivity index (χ0v) is 22.7. The lowest BCUT2D eigenvalue weighted by molar-refractivity contribution is -0.139. The third kappa shape index (κ3) is 8.25. The Hall–Kier alpha value is -1.11. The number of benzene rings is 2. The van der Waals surface area contributed by atoms with Crippen molar-refractivity contribution < 1.29 is 9.59 Å². The minimum absolute atomic E-state index is 0.0133. The molecule has 2 aromatic carbocycles. The molecule has 0 unspecified atom stereocenters. The van der Waals surface area contributed by atoms with Crippen LogP contribution in [0.15, 0.2) is 36.4 Å². The van der Waals surface area contributed by atoms with Crippen LogP contribution in [0.3, 0.4) is 0 Å². The number of hydrogen-bond donors (Lipinski definition) is 1. The Balaban J connectivity index is 2.22. The predicted octanol–water partition coefficient (Wildman–Crippen LogP) is 7.26. The van der Waals surface area contributed by atoms with Gasteiger partial charge in [0.05, 0.1) is 5.75 Å². The summed E-state index contributed by atoms with van der Waals surface area (Å²) in [5.41, 5.74) is 1.51. The number of hydrogen-bond acceptors (Lipinski definition) is 3. The number of carbonyl (C=O) groups is 2. The fourth-order valence-electron chi connectivity index (χ4n) is 3.19. The zero-order chi connectivity index (χ0) is 24.5. The van der Waals surface area contributed by atoms with Crippen LogP contribution in [-0.4, -0.2) is 34.6 Å². The van der Waals surface area contributed by atoms with Crippen molar-refractivity contribution in [2.24, 2.45) is 0 Å². The SMILES string of the molecule is CC[C@@H](C)NC(=O)[C@@H](CC)N(Cc1ccc(Cl)cc1Cl)C(=O)CSCc1c(Cl)cccc1Cl. The first-order chi connectivity index (χ1) is 15.7. The van der Waals surface area contributed by atoms with Gasteiger partial charge >= 0.3 is 0 Å². The monoisotopic (exact) mass is 548 g/mol. The Labute approximate surface area is 220 Å². The molecule has 0 aliphatic carbocycles.